The third kappa shape index (κ3) is 0.873. The van der Waals surface area contributed by atoms with Crippen molar-refractivity contribution in [2.45, 2.75) is 56.5 Å². The maximum absolute atomic E-state index is 10.1. The molecular formula is C9H16O3. The van der Waals surface area contributed by atoms with Crippen LogP contribution in [0.15, 0.2) is 0 Å². The highest BCUT2D eigenvalue weighted by molar-refractivity contribution is 5.16. The third-order valence-electron chi connectivity index (χ3n) is 3.51. The molecule has 0 unspecified atom stereocenters. The number of fused-ring (bicyclic) bond motifs is 1. The molecule has 12 heavy (non-hydrogen) atoms. The number of epoxide rings is 1. The summed E-state index contributed by atoms with van der Waals surface area (Å²) >= 11 is 0. The highest BCUT2D eigenvalue weighted by Gasteiger charge is 2.67. The molecule has 0 amide bonds. The Kier molecular flexibility index (Phi) is 1.57. The van der Waals surface area contributed by atoms with Crippen LogP contribution < -0.4 is 0 Å². The lowest BCUT2D eigenvalue weighted by molar-refractivity contribution is -0.0747. The van der Waals surface area contributed by atoms with E-state index >= 15 is 0 Å². The summed E-state index contributed by atoms with van der Waals surface area (Å²) in [5, 5.41) is 19.6. The van der Waals surface area contributed by atoms with E-state index in [1.165, 1.54) is 0 Å². The van der Waals surface area contributed by atoms with Gasteiger partial charge in [-0.2, -0.15) is 0 Å². The van der Waals surface area contributed by atoms with E-state index in [-0.39, 0.29) is 11.7 Å². The van der Waals surface area contributed by atoms with Crippen molar-refractivity contribution in [3.63, 3.8) is 0 Å². The average Bonchev–Trinajstić information content (AvgIpc) is 2.62. The maximum atomic E-state index is 10.1. The van der Waals surface area contributed by atoms with Crippen LogP contribution in [0, 0.1) is 0 Å². The molecular weight excluding hydrogens is 156 g/mol. The van der Waals surface area contributed by atoms with Crippen LogP contribution in [0.25, 0.3) is 0 Å². The smallest absolute Gasteiger partial charge is 0.121 e. The Morgan fingerprint density at radius 3 is 2.83 bits per heavy atom. The van der Waals surface area contributed by atoms with Crippen LogP contribution >= 0.6 is 0 Å². The van der Waals surface area contributed by atoms with E-state index in [2.05, 4.69) is 0 Å². The number of hydrogen-bond donors (Lipinski definition) is 2. The molecule has 0 radical (unpaired) electrons. The number of aliphatic hydroxyl groups excluding tert-OH is 1. The van der Waals surface area contributed by atoms with Gasteiger partial charge in [-0.15, -0.1) is 0 Å². The van der Waals surface area contributed by atoms with Crippen LogP contribution in [0.5, 0.6) is 0 Å². The number of rotatable bonds is 1. The molecule has 0 aromatic heterocycles. The van der Waals surface area contributed by atoms with E-state index in [0.29, 0.717) is 19.3 Å². The van der Waals surface area contributed by atoms with Crippen LogP contribution in [-0.4, -0.2) is 33.6 Å². The van der Waals surface area contributed by atoms with Gasteiger partial charge < -0.3 is 14.9 Å². The van der Waals surface area contributed by atoms with Gasteiger partial charge in [0.1, 0.15) is 5.60 Å². The molecule has 1 saturated heterocycles. The van der Waals surface area contributed by atoms with Crippen molar-refractivity contribution in [3.8, 4) is 0 Å². The zero-order valence-corrected chi connectivity index (χ0v) is 7.58. The van der Waals surface area contributed by atoms with Gasteiger partial charge in [-0.1, -0.05) is 6.92 Å². The molecule has 1 heterocycles. The fourth-order valence-electron chi connectivity index (χ4n) is 2.36. The first-order valence-electron chi connectivity index (χ1n) is 4.60. The van der Waals surface area contributed by atoms with Gasteiger partial charge in [0, 0.05) is 12.8 Å². The van der Waals surface area contributed by atoms with Crippen LogP contribution in [-0.2, 0) is 4.74 Å². The molecule has 4 atom stereocenters. The minimum atomic E-state index is -0.810. The molecule has 2 fully saturated rings. The second-order valence-corrected chi connectivity index (χ2v) is 4.19. The van der Waals surface area contributed by atoms with Gasteiger partial charge >= 0.3 is 0 Å². The van der Waals surface area contributed by atoms with E-state index in [9.17, 15) is 10.2 Å². The molecule has 2 rings (SSSR count). The predicted molar refractivity (Wildman–Crippen MR) is 43.8 cm³/mol. The van der Waals surface area contributed by atoms with Crippen LogP contribution in [0.3, 0.4) is 0 Å². The largest absolute Gasteiger partial charge is 0.393 e. The van der Waals surface area contributed by atoms with Crippen LogP contribution in [0.2, 0.25) is 0 Å². The van der Waals surface area contributed by atoms with Crippen molar-refractivity contribution >= 4 is 0 Å². The molecule has 0 aromatic carbocycles. The van der Waals surface area contributed by atoms with Crippen molar-refractivity contribution in [2.24, 2.45) is 0 Å². The third-order valence-corrected chi connectivity index (χ3v) is 3.51. The summed E-state index contributed by atoms with van der Waals surface area (Å²) in [5.74, 6) is 0. The Balaban J connectivity index is 2.21. The van der Waals surface area contributed by atoms with Gasteiger partial charge in [-0.25, -0.2) is 0 Å². The lowest BCUT2D eigenvalue weighted by Gasteiger charge is -2.36. The number of ether oxygens (including phenoxy) is 1. The summed E-state index contributed by atoms with van der Waals surface area (Å²) in [6.07, 6.45) is 1.47. The highest BCUT2D eigenvalue weighted by atomic mass is 16.6. The topological polar surface area (TPSA) is 53.0 Å². The van der Waals surface area contributed by atoms with Gasteiger partial charge in [0.2, 0.25) is 0 Å². The summed E-state index contributed by atoms with van der Waals surface area (Å²) in [5.41, 5.74) is -1.18. The Morgan fingerprint density at radius 1 is 1.58 bits per heavy atom. The fourth-order valence-corrected chi connectivity index (χ4v) is 2.36. The molecule has 2 aliphatic rings. The molecule has 3 nitrogen and oxygen atoms in total. The van der Waals surface area contributed by atoms with Crippen molar-refractivity contribution in [1.29, 1.82) is 0 Å². The van der Waals surface area contributed by atoms with E-state index in [4.69, 9.17) is 4.74 Å². The predicted octanol–water partition coefficient (Wildman–Crippen LogP) is 0.440. The average molecular weight is 172 g/mol. The molecule has 70 valence electrons. The number of hydrogen-bond acceptors (Lipinski definition) is 3. The fraction of sp³-hybridized carbons (Fsp3) is 1.00. The first kappa shape index (κ1) is 8.48. The van der Waals surface area contributed by atoms with Crippen molar-refractivity contribution in [1.82, 2.24) is 0 Å². The lowest BCUT2D eigenvalue weighted by atomic mass is 9.73. The monoisotopic (exact) mass is 172 g/mol. The molecule has 2 N–H and O–H groups in total. The normalized spacial score (nSPS) is 58.0. The van der Waals surface area contributed by atoms with E-state index in [1.807, 2.05) is 13.8 Å². The second-order valence-electron chi connectivity index (χ2n) is 4.19. The molecule has 1 aliphatic carbocycles. The van der Waals surface area contributed by atoms with Gasteiger partial charge in [-0.05, 0) is 13.3 Å². The standard InChI is InChI=1S/C9H16O3/c1-3-9(11)5-6(10)4-7-8(9,2)12-7/h6-7,10-11H,3-5H2,1-2H3/t6-,7+,8+,9-/m0/s1. The highest BCUT2D eigenvalue weighted by Crippen LogP contribution is 2.54. The Morgan fingerprint density at radius 2 is 2.25 bits per heavy atom. The summed E-state index contributed by atoms with van der Waals surface area (Å²) in [6, 6.07) is 0. The van der Waals surface area contributed by atoms with Crippen LogP contribution in [0.4, 0.5) is 0 Å². The number of aliphatic hydroxyl groups is 2. The molecule has 0 spiro atoms. The van der Waals surface area contributed by atoms with Crippen molar-refractivity contribution in [3.05, 3.63) is 0 Å². The maximum Gasteiger partial charge on any atom is 0.121 e. The van der Waals surface area contributed by atoms with Gasteiger partial charge in [0.15, 0.2) is 0 Å². The van der Waals surface area contributed by atoms with E-state index < -0.39 is 11.7 Å². The quantitative estimate of drug-likeness (QED) is 0.564. The zero-order chi connectivity index (χ0) is 8.98. The summed E-state index contributed by atoms with van der Waals surface area (Å²) in [6.45, 7) is 3.87. The Labute approximate surface area is 72.3 Å². The van der Waals surface area contributed by atoms with Crippen molar-refractivity contribution in [2.75, 3.05) is 0 Å². The van der Waals surface area contributed by atoms with E-state index in [1.54, 1.807) is 0 Å². The molecule has 0 bridgehead atoms. The summed E-state index contributed by atoms with van der Waals surface area (Å²) < 4.78 is 5.43. The minimum absolute atomic E-state index is 0.0752. The van der Waals surface area contributed by atoms with Crippen molar-refractivity contribution < 1.29 is 14.9 Å². The van der Waals surface area contributed by atoms with Gasteiger partial charge in [0.25, 0.3) is 0 Å². The summed E-state index contributed by atoms with van der Waals surface area (Å²) in [7, 11) is 0. The first-order valence-corrected chi connectivity index (χ1v) is 4.60. The minimum Gasteiger partial charge on any atom is -0.393 e. The van der Waals surface area contributed by atoms with Crippen LogP contribution in [0.1, 0.15) is 33.1 Å². The summed E-state index contributed by atoms with van der Waals surface area (Å²) in [4.78, 5) is 0. The Bertz CT molecular complexity index is 206. The van der Waals surface area contributed by atoms with Gasteiger partial charge in [0.05, 0.1) is 17.8 Å². The molecule has 3 heteroatoms. The SMILES string of the molecule is CC[C@]1(O)C[C@@H](O)C[C@H]2O[C@]21C. The molecule has 1 aliphatic heterocycles. The first-order chi connectivity index (χ1) is 5.52. The van der Waals surface area contributed by atoms with E-state index in [0.717, 1.165) is 0 Å². The van der Waals surface area contributed by atoms with Gasteiger partial charge in [-0.3, -0.25) is 0 Å². The molecule has 1 saturated carbocycles. The second kappa shape index (κ2) is 2.22. The lowest BCUT2D eigenvalue weighted by Crippen LogP contribution is -2.50. The molecule has 0 aromatic rings. The Hall–Kier alpha value is -0.120. The zero-order valence-electron chi connectivity index (χ0n) is 7.58.